The number of aliphatic hydroxyl groups is 2. The molecule has 1 saturated carbocycles. The van der Waals surface area contributed by atoms with Gasteiger partial charge in [0.1, 0.15) is 11.7 Å². The predicted octanol–water partition coefficient (Wildman–Crippen LogP) is 1.36. The Hall–Kier alpha value is -0.420. The van der Waals surface area contributed by atoms with Crippen LogP contribution in [0.3, 0.4) is 0 Å². The van der Waals surface area contributed by atoms with Crippen LogP contribution < -0.4 is 0 Å². The van der Waals surface area contributed by atoms with Crippen LogP contribution in [0.1, 0.15) is 40.0 Å². The van der Waals surface area contributed by atoms with Crippen molar-refractivity contribution in [1.82, 2.24) is 0 Å². The highest BCUT2D eigenvalue weighted by molar-refractivity contribution is 5.36. The summed E-state index contributed by atoms with van der Waals surface area (Å²) in [4.78, 5) is 0. The van der Waals surface area contributed by atoms with E-state index in [0.717, 1.165) is 12.8 Å². The van der Waals surface area contributed by atoms with Gasteiger partial charge in [0.25, 0.3) is 0 Å². The number of allylic oxidation sites excluding steroid dienone is 1. The summed E-state index contributed by atoms with van der Waals surface area (Å²) in [6.45, 7) is 6.36. The van der Waals surface area contributed by atoms with Crippen molar-refractivity contribution in [2.45, 2.75) is 63.6 Å². The molecule has 3 fully saturated rings. The van der Waals surface area contributed by atoms with Gasteiger partial charge in [-0.1, -0.05) is 19.4 Å². The van der Waals surface area contributed by atoms with Crippen LogP contribution in [0.15, 0.2) is 11.6 Å². The van der Waals surface area contributed by atoms with Crippen LogP contribution in [0.5, 0.6) is 0 Å². The van der Waals surface area contributed by atoms with Gasteiger partial charge in [0.05, 0.1) is 12.7 Å². The van der Waals surface area contributed by atoms with Crippen LogP contribution in [0.2, 0.25) is 0 Å². The largest absolute Gasteiger partial charge is 0.393 e. The second-order valence-electron chi connectivity index (χ2n) is 7.28. The monoisotopic (exact) mass is 266 g/mol. The molecule has 0 aromatic heterocycles. The summed E-state index contributed by atoms with van der Waals surface area (Å²) in [5, 5.41) is 20.3. The molecular formula is C15H22O4. The van der Waals surface area contributed by atoms with Crippen LogP contribution in [0, 0.1) is 10.8 Å². The zero-order valence-electron chi connectivity index (χ0n) is 11.8. The van der Waals surface area contributed by atoms with Crippen molar-refractivity contribution >= 4 is 0 Å². The van der Waals surface area contributed by atoms with Gasteiger partial charge < -0.3 is 19.7 Å². The van der Waals surface area contributed by atoms with E-state index in [0.29, 0.717) is 6.42 Å². The first kappa shape index (κ1) is 12.3. The normalized spacial score (nSPS) is 62.3. The molecule has 19 heavy (non-hydrogen) atoms. The quantitative estimate of drug-likeness (QED) is 0.704. The molecular weight excluding hydrogens is 244 g/mol. The van der Waals surface area contributed by atoms with E-state index in [-0.39, 0.29) is 17.4 Å². The van der Waals surface area contributed by atoms with Crippen LogP contribution in [-0.4, -0.2) is 40.4 Å². The fraction of sp³-hybridized carbons (Fsp3) is 0.867. The molecule has 2 saturated heterocycles. The molecule has 0 amide bonds. The van der Waals surface area contributed by atoms with E-state index in [1.807, 2.05) is 0 Å². The lowest BCUT2D eigenvalue weighted by atomic mass is 9.53. The minimum atomic E-state index is -0.755. The van der Waals surface area contributed by atoms with Crippen molar-refractivity contribution in [2.75, 3.05) is 6.61 Å². The van der Waals surface area contributed by atoms with E-state index in [4.69, 9.17) is 9.47 Å². The fourth-order valence-electron chi connectivity index (χ4n) is 5.28. The minimum Gasteiger partial charge on any atom is -0.393 e. The standard InChI is InChI=1S/C15H22O4/c1-9-4-5-12(2)13(3)7-10(17)11-14(13,8-16)19-15(12,6-9)18-11/h6,10-11,16-17H,4-5,7-8H2,1-3H3/t10?,11?,12?,13-,14?,15?/m1/s1. The van der Waals surface area contributed by atoms with Gasteiger partial charge in [-0.15, -0.1) is 0 Å². The molecule has 5 unspecified atom stereocenters. The number of ether oxygens (including phenoxy) is 2. The van der Waals surface area contributed by atoms with Gasteiger partial charge in [0.2, 0.25) is 0 Å². The van der Waals surface area contributed by atoms with Gasteiger partial charge in [0, 0.05) is 10.8 Å². The topological polar surface area (TPSA) is 58.9 Å². The molecule has 0 radical (unpaired) electrons. The summed E-state index contributed by atoms with van der Waals surface area (Å²) >= 11 is 0. The van der Waals surface area contributed by atoms with Crippen molar-refractivity contribution in [3.63, 3.8) is 0 Å². The molecule has 4 aliphatic rings. The Morgan fingerprint density at radius 2 is 2.11 bits per heavy atom. The third kappa shape index (κ3) is 0.963. The van der Waals surface area contributed by atoms with E-state index >= 15 is 0 Å². The van der Waals surface area contributed by atoms with Crippen molar-refractivity contribution in [2.24, 2.45) is 10.8 Å². The summed E-state index contributed by atoms with van der Waals surface area (Å²) in [5.74, 6) is -0.755. The van der Waals surface area contributed by atoms with E-state index in [1.165, 1.54) is 5.57 Å². The highest BCUT2D eigenvalue weighted by atomic mass is 16.8. The Labute approximate surface area is 113 Å². The SMILES string of the molecule is CC1=CC23OC4C(O)C[C@@](C)(C4(CO)O2)C3(C)CC1. The first-order valence-corrected chi connectivity index (χ1v) is 7.19. The van der Waals surface area contributed by atoms with Crippen molar-refractivity contribution in [1.29, 1.82) is 0 Å². The number of fused-ring (bicyclic) bond motifs is 1. The lowest BCUT2D eigenvalue weighted by molar-refractivity contribution is -0.204. The number of aliphatic hydroxyl groups excluding tert-OH is 2. The molecule has 2 aliphatic heterocycles. The molecule has 0 aromatic carbocycles. The predicted molar refractivity (Wildman–Crippen MR) is 68.3 cm³/mol. The van der Waals surface area contributed by atoms with Gasteiger partial charge in [-0.25, -0.2) is 0 Å². The molecule has 4 nitrogen and oxygen atoms in total. The third-order valence-electron chi connectivity index (χ3n) is 6.67. The summed E-state index contributed by atoms with van der Waals surface area (Å²) in [7, 11) is 0. The minimum absolute atomic E-state index is 0.0878. The van der Waals surface area contributed by atoms with Gasteiger partial charge in [0.15, 0.2) is 5.79 Å². The molecule has 2 N–H and O–H groups in total. The molecule has 2 heterocycles. The zero-order chi connectivity index (χ0) is 13.7. The average molecular weight is 266 g/mol. The van der Waals surface area contributed by atoms with Crippen molar-refractivity contribution in [3.8, 4) is 0 Å². The molecule has 4 heteroatoms. The molecule has 6 atom stereocenters. The van der Waals surface area contributed by atoms with Crippen molar-refractivity contribution in [3.05, 3.63) is 11.6 Å². The Balaban J connectivity index is 1.98. The highest BCUT2D eigenvalue weighted by Crippen LogP contribution is 2.77. The summed E-state index contributed by atoms with van der Waals surface area (Å²) in [6.07, 6.45) is 3.79. The third-order valence-corrected chi connectivity index (χ3v) is 6.67. The Kier molecular flexibility index (Phi) is 2.00. The number of hydrogen-bond acceptors (Lipinski definition) is 4. The van der Waals surface area contributed by atoms with Gasteiger partial charge in [-0.2, -0.15) is 0 Å². The van der Waals surface area contributed by atoms with E-state index in [1.54, 1.807) is 0 Å². The molecule has 1 spiro atoms. The Bertz CT molecular complexity index is 489. The molecule has 106 valence electrons. The van der Waals surface area contributed by atoms with E-state index in [9.17, 15) is 10.2 Å². The second kappa shape index (κ2) is 3.08. The smallest absolute Gasteiger partial charge is 0.195 e. The summed E-state index contributed by atoms with van der Waals surface area (Å²) < 4.78 is 12.5. The maximum atomic E-state index is 10.3. The van der Waals surface area contributed by atoms with Crippen LogP contribution in [0.25, 0.3) is 0 Å². The Morgan fingerprint density at radius 3 is 2.79 bits per heavy atom. The maximum absolute atomic E-state index is 10.3. The lowest BCUT2D eigenvalue weighted by Gasteiger charge is -2.52. The van der Waals surface area contributed by atoms with Gasteiger partial charge >= 0.3 is 0 Å². The molecule has 2 bridgehead atoms. The Morgan fingerprint density at radius 1 is 1.37 bits per heavy atom. The van der Waals surface area contributed by atoms with Gasteiger partial charge in [-0.05, 0) is 32.3 Å². The molecule has 4 rings (SSSR count). The van der Waals surface area contributed by atoms with Gasteiger partial charge in [-0.3, -0.25) is 0 Å². The van der Waals surface area contributed by atoms with Crippen LogP contribution in [-0.2, 0) is 9.47 Å². The molecule has 2 aliphatic carbocycles. The second-order valence-corrected chi connectivity index (χ2v) is 7.28. The first-order chi connectivity index (χ1) is 8.84. The highest BCUT2D eigenvalue weighted by Gasteiger charge is 2.86. The summed E-state index contributed by atoms with van der Waals surface area (Å²) in [5.41, 5.74) is 0.0953. The fourth-order valence-corrected chi connectivity index (χ4v) is 5.28. The van der Waals surface area contributed by atoms with Crippen LogP contribution >= 0.6 is 0 Å². The van der Waals surface area contributed by atoms with E-state index in [2.05, 4.69) is 26.8 Å². The molecule has 0 aromatic rings. The lowest BCUT2D eigenvalue weighted by Crippen LogP contribution is -2.60. The van der Waals surface area contributed by atoms with Crippen LogP contribution in [0.4, 0.5) is 0 Å². The van der Waals surface area contributed by atoms with E-state index < -0.39 is 23.6 Å². The maximum Gasteiger partial charge on any atom is 0.195 e. The number of hydrogen-bond donors (Lipinski definition) is 2. The zero-order valence-corrected chi connectivity index (χ0v) is 11.8. The van der Waals surface area contributed by atoms with Crippen molar-refractivity contribution < 1.29 is 19.7 Å². The first-order valence-electron chi connectivity index (χ1n) is 7.19. The average Bonchev–Trinajstić information content (AvgIpc) is 2.83. The number of rotatable bonds is 1. The summed E-state index contributed by atoms with van der Waals surface area (Å²) in [6, 6.07) is 0.